The molecule has 8 nitrogen and oxygen atoms in total. The standard InChI is InChI=1S/C24H17Cl2N5O3/c25-18-11-10-14(12-19(18)26)13-27-30-24(34)21(28-22(32)15-6-2-1-3-7-15)20-16-8-4-5-9-17(16)23(33)31-29-20/h1-13,21H,(H,28,32)(H,30,34)(H,31,33)/t21-/m1/s1. The van der Waals surface area contributed by atoms with E-state index in [0.29, 0.717) is 31.9 Å². The van der Waals surface area contributed by atoms with E-state index in [0.717, 1.165) is 0 Å². The van der Waals surface area contributed by atoms with Gasteiger partial charge in [-0.05, 0) is 35.9 Å². The van der Waals surface area contributed by atoms with Crippen LogP contribution in [0.4, 0.5) is 0 Å². The number of fused-ring (bicyclic) bond motifs is 1. The van der Waals surface area contributed by atoms with E-state index in [-0.39, 0.29) is 5.69 Å². The lowest BCUT2D eigenvalue weighted by Gasteiger charge is -2.18. The van der Waals surface area contributed by atoms with Gasteiger partial charge in [0, 0.05) is 10.9 Å². The minimum atomic E-state index is -1.25. The van der Waals surface area contributed by atoms with Crippen molar-refractivity contribution in [1.29, 1.82) is 0 Å². The van der Waals surface area contributed by atoms with Crippen LogP contribution in [0, 0.1) is 0 Å². The number of carbonyl (C=O) groups is 2. The third-order valence-corrected chi connectivity index (χ3v) is 5.64. The average Bonchev–Trinajstić information content (AvgIpc) is 2.86. The molecule has 10 heteroatoms. The van der Waals surface area contributed by atoms with Crippen LogP contribution in [0.5, 0.6) is 0 Å². The molecule has 3 N–H and O–H groups in total. The fourth-order valence-corrected chi connectivity index (χ4v) is 3.55. The number of amides is 2. The maximum absolute atomic E-state index is 13.1. The molecule has 3 aromatic carbocycles. The van der Waals surface area contributed by atoms with Gasteiger partial charge in [0.15, 0.2) is 6.04 Å². The van der Waals surface area contributed by atoms with Crippen molar-refractivity contribution in [2.75, 3.05) is 0 Å². The zero-order chi connectivity index (χ0) is 24.1. The number of hydrazone groups is 1. The Labute approximate surface area is 203 Å². The van der Waals surface area contributed by atoms with Gasteiger partial charge in [0.05, 0.1) is 21.6 Å². The zero-order valence-corrected chi connectivity index (χ0v) is 19.0. The number of hydrogen-bond donors (Lipinski definition) is 3. The highest BCUT2D eigenvalue weighted by atomic mass is 35.5. The summed E-state index contributed by atoms with van der Waals surface area (Å²) >= 11 is 11.9. The first kappa shape index (κ1) is 23.2. The van der Waals surface area contributed by atoms with Crippen LogP contribution in [0.25, 0.3) is 10.8 Å². The lowest BCUT2D eigenvalue weighted by Crippen LogP contribution is -2.40. The zero-order valence-electron chi connectivity index (χ0n) is 17.5. The third-order valence-electron chi connectivity index (χ3n) is 4.90. The van der Waals surface area contributed by atoms with E-state index in [4.69, 9.17) is 23.2 Å². The van der Waals surface area contributed by atoms with Crippen LogP contribution in [0.2, 0.25) is 10.0 Å². The van der Waals surface area contributed by atoms with Crippen molar-refractivity contribution in [1.82, 2.24) is 20.9 Å². The number of H-pyrrole nitrogens is 1. The van der Waals surface area contributed by atoms with Crippen LogP contribution >= 0.6 is 23.2 Å². The normalized spacial score (nSPS) is 11.9. The summed E-state index contributed by atoms with van der Waals surface area (Å²) in [6, 6.07) is 18.7. The molecule has 1 heterocycles. The Balaban J connectivity index is 1.66. The van der Waals surface area contributed by atoms with Gasteiger partial charge in [-0.2, -0.15) is 10.2 Å². The molecular formula is C24H17Cl2N5O3. The molecule has 0 aliphatic heterocycles. The number of nitrogens with zero attached hydrogens (tertiary/aromatic N) is 2. The first-order valence-electron chi connectivity index (χ1n) is 10.1. The number of aromatic nitrogens is 2. The predicted molar refractivity (Wildman–Crippen MR) is 131 cm³/mol. The number of nitrogens with one attached hydrogen (secondary N) is 3. The summed E-state index contributed by atoms with van der Waals surface area (Å²) < 4.78 is 0. The van der Waals surface area contributed by atoms with E-state index < -0.39 is 23.4 Å². The Bertz CT molecular complexity index is 1450. The first-order chi connectivity index (χ1) is 16.4. The summed E-state index contributed by atoms with van der Waals surface area (Å²) in [6.45, 7) is 0. The Morgan fingerprint density at radius 2 is 1.65 bits per heavy atom. The molecule has 34 heavy (non-hydrogen) atoms. The van der Waals surface area contributed by atoms with Gasteiger partial charge in [0.2, 0.25) is 0 Å². The summed E-state index contributed by atoms with van der Waals surface area (Å²) in [6.07, 6.45) is 1.38. The fourth-order valence-electron chi connectivity index (χ4n) is 3.25. The molecule has 0 unspecified atom stereocenters. The summed E-state index contributed by atoms with van der Waals surface area (Å²) in [5, 5.41) is 14.6. The molecule has 0 fully saturated rings. The van der Waals surface area contributed by atoms with E-state index in [9.17, 15) is 14.4 Å². The van der Waals surface area contributed by atoms with Gasteiger partial charge in [-0.15, -0.1) is 0 Å². The Kier molecular flexibility index (Phi) is 7.01. The molecule has 170 valence electrons. The topological polar surface area (TPSA) is 116 Å². The molecule has 0 spiro atoms. The van der Waals surface area contributed by atoms with Crippen LogP contribution in [0.15, 0.2) is 82.7 Å². The lowest BCUT2D eigenvalue weighted by atomic mass is 10.0. The van der Waals surface area contributed by atoms with E-state index >= 15 is 0 Å². The molecule has 1 aromatic heterocycles. The van der Waals surface area contributed by atoms with Crippen molar-refractivity contribution < 1.29 is 9.59 Å². The number of hydrogen-bond acceptors (Lipinski definition) is 5. The highest BCUT2D eigenvalue weighted by Gasteiger charge is 2.27. The van der Waals surface area contributed by atoms with Gasteiger partial charge in [-0.25, -0.2) is 10.5 Å². The highest BCUT2D eigenvalue weighted by Crippen LogP contribution is 2.22. The molecule has 4 rings (SSSR count). The second-order valence-corrected chi connectivity index (χ2v) is 7.98. The van der Waals surface area contributed by atoms with Crippen molar-refractivity contribution in [2.45, 2.75) is 6.04 Å². The smallest absolute Gasteiger partial charge is 0.272 e. The Morgan fingerprint density at radius 3 is 2.38 bits per heavy atom. The van der Waals surface area contributed by atoms with Crippen molar-refractivity contribution >= 4 is 52.0 Å². The van der Waals surface area contributed by atoms with Gasteiger partial charge in [0.25, 0.3) is 17.4 Å². The van der Waals surface area contributed by atoms with E-state index in [1.807, 2.05) is 0 Å². The van der Waals surface area contributed by atoms with Crippen LogP contribution in [-0.4, -0.2) is 28.2 Å². The second-order valence-electron chi connectivity index (χ2n) is 7.16. The maximum atomic E-state index is 13.1. The second kappa shape index (κ2) is 10.3. The third kappa shape index (κ3) is 5.14. The van der Waals surface area contributed by atoms with Crippen molar-refractivity contribution in [3.05, 3.63) is 110 Å². The van der Waals surface area contributed by atoms with Crippen LogP contribution in [0.3, 0.4) is 0 Å². The van der Waals surface area contributed by atoms with Gasteiger partial charge >= 0.3 is 0 Å². The lowest BCUT2D eigenvalue weighted by molar-refractivity contribution is -0.123. The largest absolute Gasteiger partial charge is 0.335 e. The van der Waals surface area contributed by atoms with Crippen LogP contribution in [-0.2, 0) is 4.79 Å². The molecule has 0 radical (unpaired) electrons. The number of carbonyl (C=O) groups excluding carboxylic acids is 2. The maximum Gasteiger partial charge on any atom is 0.272 e. The molecule has 0 aliphatic rings. The molecule has 2 amide bonds. The SMILES string of the molecule is O=C(N[C@@H](C(=O)NN=Cc1ccc(Cl)c(Cl)c1)c1n[nH]c(=O)c2ccccc12)c1ccccc1. The number of aromatic amines is 1. The molecule has 0 aliphatic carbocycles. The van der Waals surface area contributed by atoms with Gasteiger partial charge in [-0.1, -0.05) is 65.7 Å². The number of halogens is 2. The molecule has 0 bridgehead atoms. The van der Waals surface area contributed by atoms with Crippen molar-refractivity contribution in [2.24, 2.45) is 5.10 Å². The molecule has 1 atom stereocenters. The number of benzene rings is 3. The van der Waals surface area contributed by atoms with Crippen LogP contribution < -0.4 is 16.3 Å². The summed E-state index contributed by atoms with van der Waals surface area (Å²) in [5.74, 6) is -1.16. The fraction of sp³-hybridized carbons (Fsp3) is 0.0417. The Hall–Kier alpha value is -4.01. The molecule has 0 saturated heterocycles. The first-order valence-corrected chi connectivity index (χ1v) is 10.8. The monoisotopic (exact) mass is 493 g/mol. The Morgan fingerprint density at radius 1 is 0.941 bits per heavy atom. The molecule has 4 aromatic rings. The summed E-state index contributed by atoms with van der Waals surface area (Å²) in [4.78, 5) is 38.2. The van der Waals surface area contributed by atoms with Gasteiger partial charge in [0.1, 0.15) is 5.69 Å². The summed E-state index contributed by atoms with van der Waals surface area (Å²) in [5.41, 5.74) is 3.12. The van der Waals surface area contributed by atoms with Crippen molar-refractivity contribution in [3.8, 4) is 0 Å². The minimum absolute atomic E-state index is 0.168. The summed E-state index contributed by atoms with van der Waals surface area (Å²) in [7, 11) is 0. The van der Waals surface area contributed by atoms with E-state index in [1.165, 1.54) is 6.21 Å². The quantitative estimate of drug-likeness (QED) is 0.279. The van der Waals surface area contributed by atoms with Crippen molar-refractivity contribution in [3.63, 3.8) is 0 Å². The van der Waals surface area contributed by atoms with Gasteiger partial charge < -0.3 is 5.32 Å². The highest BCUT2D eigenvalue weighted by molar-refractivity contribution is 6.42. The van der Waals surface area contributed by atoms with Crippen LogP contribution in [0.1, 0.15) is 27.7 Å². The predicted octanol–water partition coefficient (Wildman–Crippen LogP) is 3.85. The average molecular weight is 494 g/mol. The van der Waals surface area contributed by atoms with E-state index in [1.54, 1.807) is 72.8 Å². The minimum Gasteiger partial charge on any atom is -0.335 e. The molecule has 0 saturated carbocycles. The van der Waals surface area contributed by atoms with E-state index in [2.05, 4.69) is 26.0 Å². The number of rotatable bonds is 6. The van der Waals surface area contributed by atoms with Gasteiger partial charge in [-0.3, -0.25) is 14.4 Å². The molecular weight excluding hydrogens is 477 g/mol.